The van der Waals surface area contributed by atoms with E-state index in [2.05, 4.69) is 25.6 Å². The fraction of sp³-hybridized carbons (Fsp3) is 0.364. The van der Waals surface area contributed by atoms with Crippen molar-refractivity contribution >= 4 is 23.5 Å². The quantitative estimate of drug-likeness (QED) is 0.341. The minimum absolute atomic E-state index is 0.0368. The van der Waals surface area contributed by atoms with Crippen LogP contribution in [0.1, 0.15) is 37.6 Å². The number of aryl methyl sites for hydroxylation is 1. The number of alkyl halides is 3. The lowest BCUT2D eigenvalue weighted by Gasteiger charge is -2.20. The average molecular weight is 515 g/mol. The number of hydrogen-bond donors (Lipinski definition) is 2. The lowest BCUT2D eigenvalue weighted by Crippen LogP contribution is -2.32. The van der Waals surface area contributed by atoms with E-state index in [-0.39, 0.29) is 29.8 Å². The zero-order valence-corrected chi connectivity index (χ0v) is 20.1. The molecule has 0 aliphatic carbocycles. The van der Waals surface area contributed by atoms with Crippen molar-refractivity contribution in [3.05, 3.63) is 58.5 Å². The molecule has 3 aromatic rings. The molecule has 0 atom stereocenters. The molecule has 13 heteroatoms. The Kier molecular flexibility index (Phi) is 7.53. The number of rotatable bonds is 6. The lowest BCUT2D eigenvalue weighted by atomic mass is 10.1. The van der Waals surface area contributed by atoms with Crippen LogP contribution in [0, 0.1) is 5.82 Å². The summed E-state index contributed by atoms with van der Waals surface area (Å²) in [4.78, 5) is 23.5. The molecule has 0 aliphatic heterocycles. The third kappa shape index (κ3) is 7.04. The highest BCUT2D eigenvalue weighted by atomic mass is 35.5. The summed E-state index contributed by atoms with van der Waals surface area (Å²) in [7, 11) is 1.36. The van der Waals surface area contributed by atoms with Crippen LogP contribution in [-0.2, 0) is 31.1 Å². The summed E-state index contributed by atoms with van der Waals surface area (Å²) in [5.41, 5.74) is -0.851. The Balaban J connectivity index is 1.72. The Labute approximate surface area is 203 Å². The van der Waals surface area contributed by atoms with Gasteiger partial charge in [-0.1, -0.05) is 6.07 Å². The van der Waals surface area contributed by atoms with E-state index in [0.717, 1.165) is 10.8 Å². The van der Waals surface area contributed by atoms with E-state index < -0.39 is 29.4 Å². The molecule has 1 aromatic carbocycles. The van der Waals surface area contributed by atoms with E-state index in [1.165, 1.54) is 25.4 Å². The highest BCUT2D eigenvalue weighted by molar-refractivity contribution is 6.28. The maximum atomic E-state index is 14.8. The maximum absolute atomic E-state index is 14.8. The molecule has 3 rings (SSSR count). The number of imidazole rings is 1. The van der Waals surface area contributed by atoms with Crippen LogP contribution in [0.4, 0.5) is 28.2 Å². The van der Waals surface area contributed by atoms with Gasteiger partial charge in [-0.05, 0) is 50.1 Å². The second-order valence-corrected chi connectivity index (χ2v) is 8.93. The molecule has 0 unspecified atom stereocenters. The maximum Gasteiger partial charge on any atom is 0.434 e. The largest absolute Gasteiger partial charge is 0.444 e. The number of aromatic nitrogens is 4. The summed E-state index contributed by atoms with van der Waals surface area (Å²) in [5.74, 6) is -0.573. The molecule has 2 heterocycles. The molecule has 35 heavy (non-hydrogen) atoms. The molecule has 2 aromatic heterocycles. The van der Waals surface area contributed by atoms with Crippen LogP contribution in [0.5, 0.6) is 0 Å². The number of nitrogens with zero attached hydrogens (tertiary/aromatic N) is 4. The van der Waals surface area contributed by atoms with Crippen LogP contribution >= 0.6 is 11.6 Å². The van der Waals surface area contributed by atoms with Gasteiger partial charge < -0.3 is 19.9 Å². The molecule has 0 saturated heterocycles. The predicted octanol–water partition coefficient (Wildman–Crippen LogP) is 5.33. The summed E-state index contributed by atoms with van der Waals surface area (Å²) in [6.45, 7) is 5.36. The molecule has 188 valence electrons. The van der Waals surface area contributed by atoms with E-state index >= 15 is 0 Å². The minimum atomic E-state index is -4.63. The van der Waals surface area contributed by atoms with Crippen molar-refractivity contribution in [2.75, 3.05) is 5.32 Å². The molecule has 0 radical (unpaired) electrons. The second kappa shape index (κ2) is 10.1. The summed E-state index contributed by atoms with van der Waals surface area (Å²) in [5, 5.41) is 5.56. The molecule has 0 fully saturated rings. The standard InChI is InChI=1S/C22H23ClF4N6O2/c1-21(2,3)35-20(34)30-10-13-9-29-19(23)32-17(13)28-8-12-5-6-14(15(24)7-12)18-31-16(11-33(18)4)22(25,26)27/h5-7,9,11H,8,10H2,1-4H3,(H,30,34)(H,28,29,32). The Morgan fingerprint density at radius 2 is 1.89 bits per heavy atom. The third-order valence-electron chi connectivity index (χ3n) is 4.56. The number of carbonyl (C=O) groups excluding carboxylic acids is 1. The molecular weight excluding hydrogens is 492 g/mol. The average Bonchev–Trinajstić information content (AvgIpc) is 3.12. The van der Waals surface area contributed by atoms with E-state index in [1.54, 1.807) is 26.8 Å². The minimum Gasteiger partial charge on any atom is -0.444 e. The van der Waals surface area contributed by atoms with Crippen molar-refractivity contribution in [3.8, 4) is 11.4 Å². The number of ether oxygens (including phenoxy) is 1. The first-order chi connectivity index (χ1) is 16.2. The number of hydrogen-bond acceptors (Lipinski definition) is 6. The Morgan fingerprint density at radius 1 is 1.17 bits per heavy atom. The first kappa shape index (κ1) is 26.2. The smallest absolute Gasteiger partial charge is 0.434 e. The fourth-order valence-corrected chi connectivity index (χ4v) is 3.17. The van der Waals surface area contributed by atoms with E-state index in [1.807, 2.05) is 0 Å². The number of alkyl carbamates (subject to hydrolysis) is 1. The van der Waals surface area contributed by atoms with Gasteiger partial charge in [-0.25, -0.2) is 24.1 Å². The monoisotopic (exact) mass is 514 g/mol. The lowest BCUT2D eigenvalue weighted by molar-refractivity contribution is -0.140. The fourth-order valence-electron chi connectivity index (χ4n) is 3.04. The zero-order valence-electron chi connectivity index (χ0n) is 19.3. The summed E-state index contributed by atoms with van der Waals surface area (Å²) in [6.07, 6.45) is -3.03. The second-order valence-electron chi connectivity index (χ2n) is 8.59. The van der Waals surface area contributed by atoms with Crippen LogP contribution in [0.15, 0.2) is 30.6 Å². The molecule has 0 saturated carbocycles. The van der Waals surface area contributed by atoms with Crippen molar-refractivity contribution in [2.24, 2.45) is 7.05 Å². The normalized spacial score (nSPS) is 11.9. The zero-order chi connectivity index (χ0) is 26.0. The highest BCUT2D eigenvalue weighted by Gasteiger charge is 2.34. The molecule has 0 bridgehead atoms. The summed E-state index contributed by atoms with van der Waals surface area (Å²) < 4.78 is 59.9. The van der Waals surface area contributed by atoms with E-state index in [4.69, 9.17) is 16.3 Å². The number of anilines is 1. The van der Waals surface area contributed by atoms with Gasteiger partial charge in [0.05, 0.1) is 12.1 Å². The van der Waals surface area contributed by atoms with Gasteiger partial charge in [0.1, 0.15) is 23.1 Å². The topological polar surface area (TPSA) is 94.0 Å². The van der Waals surface area contributed by atoms with E-state index in [9.17, 15) is 22.4 Å². The Bertz CT molecular complexity index is 1220. The van der Waals surface area contributed by atoms with Gasteiger partial charge in [-0.2, -0.15) is 13.2 Å². The summed E-state index contributed by atoms with van der Waals surface area (Å²) in [6, 6.07) is 4.09. The third-order valence-corrected chi connectivity index (χ3v) is 4.74. The van der Waals surface area contributed by atoms with E-state index in [0.29, 0.717) is 16.9 Å². The van der Waals surface area contributed by atoms with Crippen LogP contribution < -0.4 is 10.6 Å². The number of amides is 1. The molecular formula is C22H23ClF4N6O2. The van der Waals surface area contributed by atoms with Gasteiger partial charge in [0.25, 0.3) is 0 Å². The van der Waals surface area contributed by atoms with Crippen molar-refractivity contribution < 1.29 is 27.1 Å². The van der Waals surface area contributed by atoms with Gasteiger partial charge in [0.15, 0.2) is 5.69 Å². The number of benzene rings is 1. The molecule has 0 aliphatic rings. The van der Waals surface area contributed by atoms with Crippen molar-refractivity contribution in [1.82, 2.24) is 24.8 Å². The summed E-state index contributed by atoms with van der Waals surface area (Å²) >= 11 is 5.89. The van der Waals surface area contributed by atoms with Crippen LogP contribution in [0.2, 0.25) is 5.28 Å². The Hall–Kier alpha value is -3.41. The van der Waals surface area contributed by atoms with Crippen LogP contribution in [0.25, 0.3) is 11.4 Å². The number of halogens is 5. The van der Waals surface area contributed by atoms with Gasteiger partial charge >= 0.3 is 12.3 Å². The van der Waals surface area contributed by atoms with Crippen LogP contribution in [-0.4, -0.2) is 31.2 Å². The first-order valence-corrected chi connectivity index (χ1v) is 10.7. The van der Waals surface area contributed by atoms with Gasteiger partial charge in [0, 0.05) is 31.5 Å². The van der Waals surface area contributed by atoms with Crippen LogP contribution in [0.3, 0.4) is 0 Å². The van der Waals surface area contributed by atoms with Gasteiger partial charge in [0.2, 0.25) is 5.28 Å². The Morgan fingerprint density at radius 3 is 2.49 bits per heavy atom. The van der Waals surface area contributed by atoms with Crippen molar-refractivity contribution in [2.45, 2.75) is 45.6 Å². The van der Waals surface area contributed by atoms with Crippen molar-refractivity contribution in [3.63, 3.8) is 0 Å². The van der Waals surface area contributed by atoms with Gasteiger partial charge in [-0.3, -0.25) is 0 Å². The predicted molar refractivity (Wildman–Crippen MR) is 121 cm³/mol. The highest BCUT2D eigenvalue weighted by Crippen LogP contribution is 2.31. The molecule has 8 nitrogen and oxygen atoms in total. The number of carbonyl (C=O) groups is 1. The molecule has 0 spiro atoms. The number of nitrogens with one attached hydrogen (secondary N) is 2. The first-order valence-electron chi connectivity index (χ1n) is 10.3. The molecule has 2 N–H and O–H groups in total. The van der Waals surface area contributed by atoms with Crippen molar-refractivity contribution in [1.29, 1.82) is 0 Å². The SMILES string of the molecule is Cn1cc(C(F)(F)F)nc1-c1ccc(CNc2nc(Cl)ncc2CNC(=O)OC(C)(C)C)cc1F. The van der Waals surface area contributed by atoms with Gasteiger partial charge in [-0.15, -0.1) is 0 Å². The molecule has 1 amide bonds.